The van der Waals surface area contributed by atoms with Crippen LogP contribution in [0, 0.1) is 11.8 Å². The molecule has 2 heteroatoms. The molecular weight excluding hydrogens is 253 g/mol. The van der Waals surface area contributed by atoms with E-state index >= 15 is 0 Å². The molecule has 0 amide bonds. The maximum atomic E-state index is 3.87. The van der Waals surface area contributed by atoms with Gasteiger partial charge in [-0.2, -0.15) is 0 Å². The quantitative estimate of drug-likeness (QED) is 0.779. The molecule has 0 spiro atoms. The molecule has 0 aromatic rings. The van der Waals surface area contributed by atoms with Crippen molar-refractivity contribution in [1.29, 1.82) is 0 Å². The van der Waals surface area contributed by atoms with E-state index in [9.17, 15) is 0 Å². The third kappa shape index (κ3) is 5.41. The van der Waals surface area contributed by atoms with Gasteiger partial charge in [-0.15, -0.1) is 0 Å². The predicted octanol–water partition coefficient (Wildman–Crippen LogP) is 3.09. The van der Waals surface area contributed by atoms with E-state index in [-0.39, 0.29) is 0 Å². The SMILES string of the molecule is CC(C)C([NH][Sn]([CH3])([CH3])[CH3])C(C)C. The Morgan fingerprint density at radius 1 is 0.833 bits per heavy atom. The van der Waals surface area contributed by atoms with E-state index in [1.807, 2.05) is 0 Å². The molecule has 12 heavy (non-hydrogen) atoms. The fourth-order valence-electron chi connectivity index (χ4n) is 1.60. The molecule has 1 N–H and O–H groups in total. The number of hydrogen-bond acceptors (Lipinski definition) is 1. The van der Waals surface area contributed by atoms with Crippen molar-refractivity contribution < 1.29 is 0 Å². The second-order valence-corrected chi connectivity index (χ2v) is 19.1. The molecule has 0 saturated carbocycles. The summed E-state index contributed by atoms with van der Waals surface area (Å²) >= 11 is -1.78. The molecule has 0 atom stereocenters. The summed E-state index contributed by atoms with van der Waals surface area (Å²) in [5.41, 5.74) is 0. The molecule has 0 unspecified atom stereocenters. The van der Waals surface area contributed by atoms with Gasteiger partial charge < -0.3 is 0 Å². The van der Waals surface area contributed by atoms with Crippen LogP contribution in [0.3, 0.4) is 0 Å². The van der Waals surface area contributed by atoms with Crippen molar-refractivity contribution in [2.75, 3.05) is 0 Å². The normalized spacial score (nSPS) is 13.5. The van der Waals surface area contributed by atoms with Gasteiger partial charge in [-0.05, 0) is 0 Å². The summed E-state index contributed by atoms with van der Waals surface area (Å²) in [6.45, 7) is 9.26. The zero-order chi connectivity index (χ0) is 9.94. The zero-order valence-electron chi connectivity index (χ0n) is 9.73. The van der Waals surface area contributed by atoms with Gasteiger partial charge in [0, 0.05) is 0 Å². The molecule has 0 aliphatic carbocycles. The van der Waals surface area contributed by atoms with Crippen molar-refractivity contribution in [3.05, 3.63) is 0 Å². The van der Waals surface area contributed by atoms with Gasteiger partial charge in [0.1, 0.15) is 0 Å². The van der Waals surface area contributed by atoms with E-state index in [1.165, 1.54) is 0 Å². The van der Waals surface area contributed by atoms with Gasteiger partial charge in [-0.1, -0.05) is 0 Å². The van der Waals surface area contributed by atoms with Gasteiger partial charge in [0.25, 0.3) is 0 Å². The summed E-state index contributed by atoms with van der Waals surface area (Å²) in [6, 6.07) is 0.723. The van der Waals surface area contributed by atoms with Gasteiger partial charge in [-0.3, -0.25) is 0 Å². The standard InChI is InChI=1S/C7H16N.3CH3.Sn/c1-5(2)7(8)6(3)4;;;;/h5-8H,1-4H3;3*1H3;/q-1;;;;+1. The molecule has 74 valence electrons. The molecule has 0 fully saturated rings. The topological polar surface area (TPSA) is 12.0 Å². The molecule has 0 saturated heterocycles. The van der Waals surface area contributed by atoms with E-state index in [1.54, 1.807) is 0 Å². The summed E-state index contributed by atoms with van der Waals surface area (Å²) in [6.07, 6.45) is 0. The van der Waals surface area contributed by atoms with Gasteiger partial charge in [-0.25, -0.2) is 0 Å². The summed E-state index contributed by atoms with van der Waals surface area (Å²) in [4.78, 5) is 7.31. The van der Waals surface area contributed by atoms with Crippen LogP contribution in [0.1, 0.15) is 27.7 Å². The molecule has 0 heterocycles. The summed E-state index contributed by atoms with van der Waals surface area (Å²) in [5, 5.41) is 0. The van der Waals surface area contributed by atoms with E-state index in [0.29, 0.717) is 0 Å². The first kappa shape index (κ1) is 12.8. The zero-order valence-corrected chi connectivity index (χ0v) is 12.6. The fourth-order valence-corrected chi connectivity index (χ4v) is 6.36. The first-order valence-electron chi connectivity index (χ1n) is 5.01. The minimum absolute atomic E-state index is 0.723. The Bertz CT molecular complexity index is 116. The van der Waals surface area contributed by atoms with Gasteiger partial charge in [0.2, 0.25) is 0 Å². The van der Waals surface area contributed by atoms with Crippen molar-refractivity contribution in [2.24, 2.45) is 11.8 Å². The van der Waals surface area contributed by atoms with Crippen LogP contribution in [0.15, 0.2) is 0 Å². The third-order valence-corrected chi connectivity index (χ3v) is 5.46. The number of nitrogens with one attached hydrogen (secondary N) is 1. The minimum atomic E-state index is -1.78. The van der Waals surface area contributed by atoms with Crippen LogP contribution in [0.4, 0.5) is 0 Å². The molecule has 0 aliphatic heterocycles. The molecule has 0 radical (unpaired) electrons. The molecule has 1 nitrogen and oxygen atoms in total. The Balaban J connectivity index is 4.15. The molecule has 0 aliphatic rings. The predicted molar refractivity (Wildman–Crippen MR) is 59.9 cm³/mol. The molecular formula is C10H25NSn. The Kier molecular flexibility index (Phi) is 5.15. The second kappa shape index (κ2) is 4.85. The van der Waals surface area contributed by atoms with Crippen molar-refractivity contribution >= 4 is 18.7 Å². The molecule has 0 rings (SSSR count). The van der Waals surface area contributed by atoms with E-state index in [2.05, 4.69) is 46.1 Å². The first-order valence-corrected chi connectivity index (χ1v) is 15.0. The van der Waals surface area contributed by atoms with Crippen LogP contribution in [0.2, 0.25) is 14.8 Å². The monoisotopic (exact) mass is 279 g/mol. The third-order valence-electron chi connectivity index (χ3n) is 2.04. The Morgan fingerprint density at radius 3 is 1.25 bits per heavy atom. The maximum absolute atomic E-state index is 3.87. The molecule has 0 aromatic carbocycles. The van der Waals surface area contributed by atoms with Crippen LogP contribution >= 0.6 is 0 Å². The second-order valence-electron chi connectivity index (χ2n) is 5.41. The van der Waals surface area contributed by atoms with Crippen LogP contribution < -0.4 is 3.54 Å². The van der Waals surface area contributed by atoms with Crippen molar-refractivity contribution in [3.63, 3.8) is 0 Å². The number of rotatable bonds is 4. The number of hydrogen-bond donors (Lipinski definition) is 1. The Morgan fingerprint density at radius 2 is 1.17 bits per heavy atom. The van der Waals surface area contributed by atoms with Crippen LogP contribution in [-0.2, 0) is 0 Å². The average Bonchev–Trinajstić information content (AvgIpc) is 1.79. The van der Waals surface area contributed by atoms with Gasteiger partial charge in [0.15, 0.2) is 0 Å². The van der Waals surface area contributed by atoms with Crippen LogP contribution in [0.5, 0.6) is 0 Å². The van der Waals surface area contributed by atoms with Crippen molar-refractivity contribution in [2.45, 2.75) is 48.6 Å². The molecule has 0 bridgehead atoms. The van der Waals surface area contributed by atoms with E-state index in [0.717, 1.165) is 17.9 Å². The average molecular weight is 278 g/mol. The van der Waals surface area contributed by atoms with Crippen molar-refractivity contribution in [1.82, 2.24) is 3.54 Å². The Hall–Kier alpha value is 0.759. The molecule has 0 aromatic heterocycles. The van der Waals surface area contributed by atoms with Gasteiger partial charge >= 0.3 is 82.6 Å². The van der Waals surface area contributed by atoms with Crippen LogP contribution in [0.25, 0.3) is 0 Å². The van der Waals surface area contributed by atoms with Crippen LogP contribution in [-0.4, -0.2) is 24.7 Å². The van der Waals surface area contributed by atoms with E-state index < -0.39 is 18.7 Å². The first-order chi connectivity index (χ1) is 5.24. The summed E-state index contributed by atoms with van der Waals surface area (Å²) in [5.74, 6) is 1.53. The Labute approximate surface area is 82.5 Å². The van der Waals surface area contributed by atoms with E-state index in [4.69, 9.17) is 0 Å². The summed E-state index contributed by atoms with van der Waals surface area (Å²) < 4.78 is 3.87. The van der Waals surface area contributed by atoms with Crippen molar-refractivity contribution in [3.8, 4) is 0 Å². The summed E-state index contributed by atoms with van der Waals surface area (Å²) in [7, 11) is 0. The van der Waals surface area contributed by atoms with Gasteiger partial charge in [0.05, 0.1) is 0 Å². The fraction of sp³-hybridized carbons (Fsp3) is 1.00.